The number of methoxy groups -OCH3 is 1. The highest BCUT2D eigenvalue weighted by Crippen LogP contribution is 2.18. The van der Waals surface area contributed by atoms with Crippen LogP contribution in [0, 0.1) is 0 Å². The molecule has 0 bridgehead atoms. The lowest BCUT2D eigenvalue weighted by Crippen LogP contribution is -2.30. The summed E-state index contributed by atoms with van der Waals surface area (Å²) in [6.07, 6.45) is 1.19. The van der Waals surface area contributed by atoms with Crippen LogP contribution in [0.5, 0.6) is 5.75 Å². The minimum absolute atomic E-state index is 0.0655. The van der Waals surface area contributed by atoms with Gasteiger partial charge in [0.2, 0.25) is 0 Å². The van der Waals surface area contributed by atoms with Crippen molar-refractivity contribution in [3.63, 3.8) is 0 Å². The number of hydrogen-bond acceptors (Lipinski definition) is 4. The fraction of sp³-hybridized carbons (Fsp3) is 0.235. The Hall–Kier alpha value is -2.12. The van der Waals surface area contributed by atoms with E-state index in [2.05, 4.69) is 10.6 Å². The number of thiocarbonyl (C=S) groups is 1. The second-order valence-electron chi connectivity index (χ2n) is 5.39. The molecule has 0 aliphatic carbocycles. The van der Waals surface area contributed by atoms with Gasteiger partial charge in [-0.3, -0.25) is 0 Å². The van der Waals surface area contributed by atoms with Crippen molar-refractivity contribution in [2.75, 3.05) is 18.7 Å². The van der Waals surface area contributed by atoms with Crippen LogP contribution in [0.1, 0.15) is 18.5 Å². The highest BCUT2D eigenvalue weighted by molar-refractivity contribution is 7.90. The monoisotopic (exact) mass is 364 g/mol. The van der Waals surface area contributed by atoms with Gasteiger partial charge in [-0.25, -0.2) is 8.42 Å². The summed E-state index contributed by atoms with van der Waals surface area (Å²) < 4.78 is 28.2. The van der Waals surface area contributed by atoms with Crippen molar-refractivity contribution in [2.24, 2.45) is 0 Å². The molecule has 0 aliphatic heterocycles. The van der Waals surface area contributed by atoms with Crippen LogP contribution in [0.2, 0.25) is 0 Å². The largest absolute Gasteiger partial charge is 0.497 e. The summed E-state index contributed by atoms with van der Waals surface area (Å²) >= 11 is 5.32. The molecule has 2 aromatic rings. The Labute approximate surface area is 148 Å². The number of hydrogen-bond donors (Lipinski definition) is 2. The Bertz CT molecular complexity index is 818. The molecule has 0 amide bonds. The van der Waals surface area contributed by atoms with Gasteiger partial charge < -0.3 is 15.4 Å². The molecule has 5 nitrogen and oxygen atoms in total. The average molecular weight is 364 g/mol. The van der Waals surface area contributed by atoms with Crippen molar-refractivity contribution in [3.05, 3.63) is 54.1 Å². The summed E-state index contributed by atoms with van der Waals surface area (Å²) in [7, 11) is -1.58. The molecule has 0 aliphatic rings. The summed E-state index contributed by atoms with van der Waals surface area (Å²) in [5.41, 5.74) is 1.77. The van der Waals surface area contributed by atoms with Gasteiger partial charge in [0, 0.05) is 18.0 Å². The van der Waals surface area contributed by atoms with Crippen molar-refractivity contribution in [1.29, 1.82) is 0 Å². The van der Waals surface area contributed by atoms with E-state index in [0.717, 1.165) is 17.0 Å². The molecule has 0 saturated heterocycles. The van der Waals surface area contributed by atoms with Crippen molar-refractivity contribution in [2.45, 2.75) is 17.9 Å². The third kappa shape index (κ3) is 4.94. The topological polar surface area (TPSA) is 67.4 Å². The summed E-state index contributed by atoms with van der Waals surface area (Å²) in [6.45, 7) is 1.95. The van der Waals surface area contributed by atoms with Gasteiger partial charge >= 0.3 is 0 Å². The minimum atomic E-state index is -3.19. The highest BCUT2D eigenvalue weighted by atomic mass is 32.2. The van der Waals surface area contributed by atoms with E-state index in [1.807, 2.05) is 31.2 Å². The predicted octanol–water partition coefficient (Wildman–Crippen LogP) is 3.15. The number of nitrogens with one attached hydrogen (secondary N) is 2. The van der Waals surface area contributed by atoms with Gasteiger partial charge in [-0.2, -0.15) is 0 Å². The molecule has 24 heavy (non-hydrogen) atoms. The maximum absolute atomic E-state index is 11.5. The molecule has 0 heterocycles. The average Bonchev–Trinajstić information content (AvgIpc) is 2.54. The second-order valence-corrected chi connectivity index (χ2v) is 7.82. The zero-order chi connectivity index (χ0) is 17.7. The van der Waals surface area contributed by atoms with Gasteiger partial charge in [-0.05, 0) is 49.0 Å². The van der Waals surface area contributed by atoms with Crippen LogP contribution in [-0.4, -0.2) is 26.9 Å². The van der Waals surface area contributed by atoms with Crippen LogP contribution >= 0.6 is 12.2 Å². The number of ether oxygens (including phenoxy) is 1. The first-order chi connectivity index (χ1) is 11.3. The zero-order valence-corrected chi connectivity index (χ0v) is 15.4. The molecule has 0 unspecified atom stereocenters. The van der Waals surface area contributed by atoms with Crippen LogP contribution in [-0.2, 0) is 9.84 Å². The van der Waals surface area contributed by atoms with Crippen LogP contribution < -0.4 is 15.4 Å². The van der Waals surface area contributed by atoms with Gasteiger partial charge in [0.05, 0.1) is 18.0 Å². The van der Waals surface area contributed by atoms with Crippen molar-refractivity contribution < 1.29 is 13.2 Å². The van der Waals surface area contributed by atoms with E-state index in [0.29, 0.717) is 10.0 Å². The summed E-state index contributed by atoms with van der Waals surface area (Å²) in [6, 6.07) is 14.2. The van der Waals surface area contributed by atoms with Crippen LogP contribution in [0.15, 0.2) is 53.4 Å². The molecule has 7 heteroatoms. The molecule has 1 atom stereocenters. The quantitative estimate of drug-likeness (QED) is 0.795. The molecule has 0 spiro atoms. The van der Waals surface area contributed by atoms with Gasteiger partial charge in [-0.1, -0.05) is 18.2 Å². The molecular weight excluding hydrogens is 344 g/mol. The first kappa shape index (κ1) is 18.2. The van der Waals surface area contributed by atoms with Crippen molar-refractivity contribution >= 4 is 32.9 Å². The Morgan fingerprint density at radius 2 is 1.83 bits per heavy atom. The van der Waals surface area contributed by atoms with Gasteiger partial charge in [0.15, 0.2) is 14.9 Å². The van der Waals surface area contributed by atoms with E-state index in [-0.39, 0.29) is 6.04 Å². The third-order valence-corrected chi connectivity index (χ3v) is 4.83. The molecule has 0 radical (unpaired) electrons. The highest BCUT2D eigenvalue weighted by Gasteiger charge is 2.10. The third-order valence-electron chi connectivity index (χ3n) is 3.48. The van der Waals surface area contributed by atoms with Crippen LogP contribution in [0.25, 0.3) is 0 Å². The first-order valence-corrected chi connectivity index (χ1v) is 9.61. The Morgan fingerprint density at radius 3 is 2.42 bits per heavy atom. The van der Waals surface area contributed by atoms with E-state index < -0.39 is 9.84 Å². The van der Waals surface area contributed by atoms with Gasteiger partial charge in [0.25, 0.3) is 0 Å². The van der Waals surface area contributed by atoms with Crippen LogP contribution in [0.4, 0.5) is 5.69 Å². The Morgan fingerprint density at radius 1 is 1.17 bits per heavy atom. The Balaban J connectivity index is 2.00. The maximum atomic E-state index is 11.5. The van der Waals surface area contributed by atoms with Gasteiger partial charge in [-0.15, -0.1) is 0 Å². The molecule has 2 N–H and O–H groups in total. The number of benzene rings is 2. The number of rotatable bonds is 5. The van der Waals surface area contributed by atoms with Crippen molar-refractivity contribution in [3.8, 4) is 5.75 Å². The molecule has 2 aromatic carbocycles. The van der Waals surface area contributed by atoms with Crippen LogP contribution in [0.3, 0.4) is 0 Å². The first-order valence-electron chi connectivity index (χ1n) is 7.31. The number of sulfone groups is 1. The molecule has 0 fully saturated rings. The lowest BCUT2D eigenvalue weighted by atomic mass is 10.1. The normalized spacial score (nSPS) is 12.3. The van der Waals surface area contributed by atoms with E-state index >= 15 is 0 Å². The molecular formula is C17H20N2O3S2. The summed E-state index contributed by atoms with van der Waals surface area (Å²) in [4.78, 5) is 0.301. The van der Waals surface area contributed by atoms with E-state index in [1.165, 1.54) is 6.26 Å². The van der Waals surface area contributed by atoms with E-state index in [1.54, 1.807) is 31.4 Å². The maximum Gasteiger partial charge on any atom is 0.175 e. The summed E-state index contributed by atoms with van der Waals surface area (Å²) in [5, 5.41) is 6.74. The van der Waals surface area contributed by atoms with E-state index in [4.69, 9.17) is 17.0 Å². The lowest BCUT2D eigenvalue weighted by molar-refractivity contribution is 0.415. The molecule has 0 saturated carbocycles. The van der Waals surface area contributed by atoms with Crippen molar-refractivity contribution in [1.82, 2.24) is 5.32 Å². The molecule has 2 rings (SSSR count). The SMILES string of the molecule is COc1cccc(NC(=S)N[C@@H](C)c2ccc(S(C)(=O)=O)cc2)c1. The second kappa shape index (κ2) is 7.63. The predicted molar refractivity (Wildman–Crippen MR) is 100 cm³/mol. The minimum Gasteiger partial charge on any atom is -0.497 e. The van der Waals surface area contributed by atoms with Gasteiger partial charge in [0.1, 0.15) is 5.75 Å². The fourth-order valence-corrected chi connectivity index (χ4v) is 3.08. The van der Waals surface area contributed by atoms with E-state index in [9.17, 15) is 8.42 Å². The Kier molecular flexibility index (Phi) is 5.80. The zero-order valence-electron chi connectivity index (χ0n) is 13.7. The molecule has 0 aromatic heterocycles. The smallest absolute Gasteiger partial charge is 0.175 e. The standard InChI is InChI=1S/C17H20N2O3S2/c1-12(13-7-9-16(10-8-13)24(3,20)21)18-17(23)19-14-5-4-6-15(11-14)22-2/h4-12H,1-3H3,(H2,18,19,23)/t12-/m0/s1. The lowest BCUT2D eigenvalue weighted by Gasteiger charge is -2.18. The fourth-order valence-electron chi connectivity index (χ4n) is 2.15. The summed E-state index contributed by atoms with van der Waals surface area (Å²) in [5.74, 6) is 0.743. The number of anilines is 1. The molecule has 128 valence electrons.